The molecule has 1 aromatic heterocycles. The van der Waals surface area contributed by atoms with E-state index in [4.69, 9.17) is 10.8 Å². The minimum atomic E-state index is 0.809. The molecule has 25 heavy (non-hydrogen) atoms. The van der Waals surface area contributed by atoms with Crippen molar-refractivity contribution >= 4 is 35.2 Å². The molecular weight excluding hydrogens is 310 g/mol. The maximum atomic E-state index is 7.65. The summed E-state index contributed by atoms with van der Waals surface area (Å²) in [7, 11) is 0. The van der Waals surface area contributed by atoms with Crippen molar-refractivity contribution in [2.45, 2.75) is 19.8 Å². The number of benzene rings is 1. The third-order valence-corrected chi connectivity index (χ3v) is 4.46. The van der Waals surface area contributed by atoms with Crippen molar-refractivity contribution in [3.63, 3.8) is 0 Å². The molecule has 1 fully saturated rings. The number of hydrogen-bond acceptors (Lipinski definition) is 5. The lowest BCUT2D eigenvalue weighted by Crippen LogP contribution is -2.18. The molecule has 1 aliphatic heterocycles. The highest BCUT2D eigenvalue weighted by molar-refractivity contribution is 6.09. The van der Waals surface area contributed by atoms with Crippen molar-refractivity contribution in [3.05, 3.63) is 53.7 Å². The fourth-order valence-electron chi connectivity index (χ4n) is 3.07. The van der Waals surface area contributed by atoms with Gasteiger partial charge in [-0.25, -0.2) is 4.98 Å². The molecule has 5 nitrogen and oxygen atoms in total. The molecule has 0 saturated carbocycles. The molecule has 2 aromatic rings. The van der Waals surface area contributed by atoms with Crippen molar-refractivity contribution < 1.29 is 0 Å². The van der Waals surface area contributed by atoms with Crippen LogP contribution in [0.3, 0.4) is 0 Å². The molecule has 5 heteroatoms. The van der Waals surface area contributed by atoms with Gasteiger partial charge < -0.3 is 21.0 Å². The van der Waals surface area contributed by atoms with Crippen LogP contribution in [0.2, 0.25) is 0 Å². The maximum absolute atomic E-state index is 7.65. The van der Waals surface area contributed by atoms with Gasteiger partial charge in [0.05, 0.1) is 0 Å². The van der Waals surface area contributed by atoms with E-state index in [9.17, 15) is 0 Å². The Balaban J connectivity index is 1.91. The van der Waals surface area contributed by atoms with E-state index in [1.165, 1.54) is 25.3 Å². The van der Waals surface area contributed by atoms with E-state index in [2.05, 4.69) is 21.3 Å². The van der Waals surface area contributed by atoms with Crippen molar-refractivity contribution in [1.29, 1.82) is 10.8 Å². The lowest BCUT2D eigenvalue weighted by atomic mass is 10.0. The van der Waals surface area contributed by atoms with Gasteiger partial charge in [0, 0.05) is 54.7 Å². The fourth-order valence-corrected chi connectivity index (χ4v) is 3.07. The Morgan fingerprint density at radius 3 is 2.64 bits per heavy atom. The summed E-state index contributed by atoms with van der Waals surface area (Å²) in [5.74, 6) is 0.990. The van der Waals surface area contributed by atoms with E-state index >= 15 is 0 Å². The molecule has 0 bridgehead atoms. The van der Waals surface area contributed by atoms with Gasteiger partial charge in [0.2, 0.25) is 0 Å². The average molecular weight is 333 g/mol. The molecule has 0 unspecified atom stereocenters. The van der Waals surface area contributed by atoms with E-state index in [1.807, 2.05) is 43.5 Å². The number of hydrogen-bond donors (Lipinski definition) is 3. The highest BCUT2D eigenvalue weighted by Gasteiger charge is 2.14. The van der Waals surface area contributed by atoms with E-state index in [0.717, 1.165) is 47.0 Å². The van der Waals surface area contributed by atoms with E-state index in [-0.39, 0.29) is 0 Å². The number of anilines is 3. The molecule has 0 amide bonds. The van der Waals surface area contributed by atoms with Gasteiger partial charge >= 0.3 is 0 Å². The SMILES string of the molecule is C/C=C(\C=N)c1ccc(C=N)c(Nc2ccnc(N3CCCC3)c2)c1. The Hall–Kier alpha value is -2.95. The largest absolute Gasteiger partial charge is 0.357 e. The second-order valence-corrected chi connectivity index (χ2v) is 6.06. The summed E-state index contributed by atoms with van der Waals surface area (Å²) in [6.07, 6.45) is 8.85. The first-order chi connectivity index (χ1) is 12.2. The molecule has 1 aliphatic rings. The Morgan fingerprint density at radius 2 is 1.96 bits per heavy atom. The average Bonchev–Trinajstić information content (AvgIpc) is 3.18. The zero-order valence-corrected chi connectivity index (χ0v) is 14.4. The predicted molar refractivity (Wildman–Crippen MR) is 106 cm³/mol. The molecular formula is C20H23N5. The zero-order chi connectivity index (χ0) is 17.6. The number of rotatable bonds is 6. The van der Waals surface area contributed by atoms with Crippen LogP contribution in [0.15, 0.2) is 42.6 Å². The Labute approximate surface area is 148 Å². The Morgan fingerprint density at radius 1 is 1.16 bits per heavy atom. The third-order valence-electron chi connectivity index (χ3n) is 4.46. The van der Waals surface area contributed by atoms with Crippen LogP contribution in [-0.2, 0) is 0 Å². The first kappa shape index (κ1) is 16.9. The molecule has 0 atom stereocenters. The number of nitrogens with one attached hydrogen (secondary N) is 3. The van der Waals surface area contributed by atoms with Crippen LogP contribution in [-0.4, -0.2) is 30.5 Å². The summed E-state index contributed by atoms with van der Waals surface area (Å²) in [6.45, 7) is 4.03. The summed E-state index contributed by atoms with van der Waals surface area (Å²) in [4.78, 5) is 6.78. The van der Waals surface area contributed by atoms with E-state index in [1.54, 1.807) is 0 Å². The smallest absolute Gasteiger partial charge is 0.130 e. The summed E-state index contributed by atoms with van der Waals surface area (Å²) >= 11 is 0. The van der Waals surface area contributed by atoms with Gasteiger partial charge in [-0.05, 0) is 43.0 Å². The number of pyridine rings is 1. The van der Waals surface area contributed by atoms with Gasteiger partial charge in [-0.2, -0.15) is 0 Å². The van der Waals surface area contributed by atoms with E-state index < -0.39 is 0 Å². The van der Waals surface area contributed by atoms with Crippen LogP contribution in [0.25, 0.3) is 5.57 Å². The van der Waals surface area contributed by atoms with Crippen LogP contribution >= 0.6 is 0 Å². The lowest BCUT2D eigenvalue weighted by Gasteiger charge is -2.18. The molecule has 1 aromatic carbocycles. The number of allylic oxidation sites excluding steroid dienone is 2. The van der Waals surface area contributed by atoms with Gasteiger partial charge in [0.1, 0.15) is 5.82 Å². The second kappa shape index (κ2) is 7.75. The standard InChI is InChI=1S/C20H23N5/c1-2-15(13-21)16-5-6-17(14-22)19(11-16)24-18-7-8-23-20(12-18)25-9-3-4-10-25/h2,5-8,11-14,21-22H,3-4,9-10H2,1H3,(H,23,24)/b15-2+,21-13?,22-14?. The number of nitrogens with zero attached hydrogens (tertiary/aromatic N) is 2. The quantitative estimate of drug-likeness (QED) is 0.682. The zero-order valence-electron chi connectivity index (χ0n) is 14.4. The maximum Gasteiger partial charge on any atom is 0.130 e. The van der Waals surface area contributed by atoms with Crippen LogP contribution in [0.4, 0.5) is 17.2 Å². The second-order valence-electron chi connectivity index (χ2n) is 6.06. The summed E-state index contributed by atoms with van der Waals surface area (Å²) in [6, 6.07) is 9.82. The van der Waals surface area contributed by atoms with Crippen molar-refractivity contribution in [1.82, 2.24) is 4.98 Å². The minimum Gasteiger partial charge on any atom is -0.357 e. The molecule has 1 saturated heterocycles. The lowest BCUT2D eigenvalue weighted by molar-refractivity contribution is 0.938. The normalized spacial score (nSPS) is 14.4. The Bertz CT molecular complexity index is 803. The minimum absolute atomic E-state index is 0.809. The summed E-state index contributed by atoms with van der Waals surface area (Å²) in [5, 5.41) is 18.6. The topological polar surface area (TPSA) is 75.9 Å². The number of aromatic nitrogens is 1. The van der Waals surface area contributed by atoms with Crippen LogP contribution in [0, 0.1) is 10.8 Å². The van der Waals surface area contributed by atoms with Gasteiger partial charge in [-0.3, -0.25) is 0 Å². The molecule has 3 rings (SSSR count). The monoisotopic (exact) mass is 333 g/mol. The Kier molecular flexibility index (Phi) is 5.23. The third kappa shape index (κ3) is 3.76. The van der Waals surface area contributed by atoms with E-state index in [0.29, 0.717) is 0 Å². The van der Waals surface area contributed by atoms with Crippen molar-refractivity contribution in [2.75, 3.05) is 23.3 Å². The van der Waals surface area contributed by atoms with Crippen LogP contribution in [0.1, 0.15) is 30.9 Å². The van der Waals surface area contributed by atoms with Gasteiger partial charge in [0.25, 0.3) is 0 Å². The summed E-state index contributed by atoms with van der Waals surface area (Å²) < 4.78 is 0. The summed E-state index contributed by atoms with van der Waals surface area (Å²) in [5.41, 5.74) is 4.43. The van der Waals surface area contributed by atoms with Gasteiger partial charge in [-0.15, -0.1) is 0 Å². The van der Waals surface area contributed by atoms with Crippen LogP contribution < -0.4 is 10.2 Å². The molecule has 0 radical (unpaired) electrons. The first-order valence-electron chi connectivity index (χ1n) is 8.55. The molecule has 2 heterocycles. The fraction of sp³-hybridized carbons (Fsp3) is 0.250. The highest BCUT2D eigenvalue weighted by atomic mass is 15.2. The van der Waals surface area contributed by atoms with Crippen molar-refractivity contribution in [3.8, 4) is 0 Å². The molecule has 128 valence electrons. The predicted octanol–water partition coefficient (Wildman–Crippen LogP) is 4.48. The molecule has 0 spiro atoms. The molecule has 3 N–H and O–H groups in total. The highest BCUT2D eigenvalue weighted by Crippen LogP contribution is 2.27. The van der Waals surface area contributed by atoms with Crippen LogP contribution in [0.5, 0.6) is 0 Å². The first-order valence-corrected chi connectivity index (χ1v) is 8.55. The van der Waals surface area contributed by atoms with Gasteiger partial charge in [-0.1, -0.05) is 18.2 Å². The van der Waals surface area contributed by atoms with Gasteiger partial charge in [0.15, 0.2) is 0 Å². The molecule has 0 aliphatic carbocycles. The van der Waals surface area contributed by atoms with Crippen molar-refractivity contribution in [2.24, 2.45) is 0 Å².